The molecule has 0 fully saturated rings. The summed E-state index contributed by atoms with van der Waals surface area (Å²) in [6.07, 6.45) is 24.5. The molecule has 9 heteroatoms. The molecule has 0 saturated carbocycles. The van der Waals surface area contributed by atoms with E-state index in [0.29, 0.717) is 106 Å². The van der Waals surface area contributed by atoms with Crippen molar-refractivity contribution in [2.45, 2.75) is 129 Å². The molecule has 0 amide bonds. The van der Waals surface area contributed by atoms with Crippen molar-refractivity contribution < 1.29 is 42.6 Å². The smallest absolute Gasteiger partial charge is 0.0701 e. The Balaban J connectivity index is 3.03. The van der Waals surface area contributed by atoms with E-state index >= 15 is 0 Å². The summed E-state index contributed by atoms with van der Waals surface area (Å²) in [5.41, 5.74) is 0. The van der Waals surface area contributed by atoms with Crippen LogP contribution in [0.2, 0.25) is 0 Å². The fourth-order valence-electron chi connectivity index (χ4n) is 4.86. The maximum atomic E-state index is 5.69. The average molecular weight is 679 g/mol. The van der Waals surface area contributed by atoms with Crippen LogP contribution in [0.4, 0.5) is 0 Å². The second-order valence-electron chi connectivity index (χ2n) is 12.2. The van der Waals surface area contributed by atoms with Gasteiger partial charge >= 0.3 is 0 Å². The summed E-state index contributed by atoms with van der Waals surface area (Å²) in [5, 5.41) is 0. The monoisotopic (exact) mass is 679 g/mol. The second-order valence-corrected chi connectivity index (χ2v) is 12.2. The highest BCUT2D eigenvalue weighted by Crippen LogP contribution is 2.13. The van der Waals surface area contributed by atoms with Gasteiger partial charge in [-0.25, -0.2) is 0 Å². The van der Waals surface area contributed by atoms with Crippen molar-refractivity contribution in [2.75, 3.05) is 119 Å². The fourth-order valence-corrected chi connectivity index (χ4v) is 4.86. The molecule has 0 rings (SSSR count). The molecule has 47 heavy (non-hydrogen) atoms. The summed E-state index contributed by atoms with van der Waals surface area (Å²) in [7, 11) is 0. The maximum Gasteiger partial charge on any atom is 0.0701 e. The Bertz CT molecular complexity index is 483. The third-order valence-electron chi connectivity index (χ3n) is 7.76. The van der Waals surface area contributed by atoms with Crippen LogP contribution in [0.15, 0.2) is 0 Å². The predicted molar refractivity (Wildman–Crippen MR) is 192 cm³/mol. The van der Waals surface area contributed by atoms with E-state index in [9.17, 15) is 0 Å². The molecule has 0 aliphatic rings. The SMILES string of the molecule is CCCCCCCCCCCCCCCCCCOCCOCCOCCOCCOCCOCCOCCOCCOCCCC. The van der Waals surface area contributed by atoms with Crippen molar-refractivity contribution in [3.05, 3.63) is 0 Å². The Morgan fingerprint density at radius 2 is 0.340 bits per heavy atom. The number of unbranched alkanes of at least 4 members (excludes halogenated alkanes) is 16. The van der Waals surface area contributed by atoms with Crippen LogP contribution >= 0.6 is 0 Å². The average Bonchev–Trinajstić information content (AvgIpc) is 3.08. The molecule has 0 N–H and O–H groups in total. The van der Waals surface area contributed by atoms with Crippen LogP contribution in [0.3, 0.4) is 0 Å². The van der Waals surface area contributed by atoms with Crippen LogP contribution < -0.4 is 0 Å². The van der Waals surface area contributed by atoms with E-state index in [4.69, 9.17) is 42.6 Å². The lowest BCUT2D eigenvalue weighted by Crippen LogP contribution is -2.15. The molecular weight excluding hydrogens is 600 g/mol. The van der Waals surface area contributed by atoms with E-state index in [1.165, 1.54) is 96.3 Å². The Kier molecular flexibility index (Phi) is 45.3. The van der Waals surface area contributed by atoms with Crippen LogP contribution in [0.25, 0.3) is 0 Å². The van der Waals surface area contributed by atoms with Crippen molar-refractivity contribution in [1.82, 2.24) is 0 Å². The molecule has 0 radical (unpaired) electrons. The number of hydrogen-bond donors (Lipinski definition) is 0. The first kappa shape index (κ1) is 46.6. The van der Waals surface area contributed by atoms with Gasteiger partial charge in [-0.1, -0.05) is 117 Å². The van der Waals surface area contributed by atoms with E-state index in [1.807, 2.05) is 0 Å². The zero-order valence-electron chi connectivity index (χ0n) is 31.1. The summed E-state index contributed by atoms with van der Waals surface area (Å²) < 4.78 is 49.7. The number of rotatable bonds is 44. The third kappa shape index (κ3) is 45.6. The highest BCUT2D eigenvalue weighted by Gasteiger charge is 1.97. The summed E-state index contributed by atoms with van der Waals surface area (Å²) >= 11 is 0. The Morgan fingerprint density at radius 3 is 0.574 bits per heavy atom. The molecule has 284 valence electrons. The van der Waals surface area contributed by atoms with Gasteiger partial charge in [-0.15, -0.1) is 0 Å². The van der Waals surface area contributed by atoms with Gasteiger partial charge in [0.05, 0.1) is 106 Å². The maximum absolute atomic E-state index is 5.69. The van der Waals surface area contributed by atoms with Crippen LogP contribution in [-0.4, -0.2) is 119 Å². The highest BCUT2D eigenvalue weighted by atomic mass is 16.6. The summed E-state index contributed by atoms with van der Waals surface area (Å²) in [5.74, 6) is 0. The minimum atomic E-state index is 0.543. The molecule has 0 aliphatic heterocycles. The van der Waals surface area contributed by atoms with Crippen molar-refractivity contribution >= 4 is 0 Å². The van der Waals surface area contributed by atoms with E-state index in [0.717, 1.165) is 32.5 Å². The molecule has 0 saturated heterocycles. The summed E-state index contributed by atoms with van der Waals surface area (Å²) in [6, 6.07) is 0. The molecule has 0 aromatic carbocycles. The van der Waals surface area contributed by atoms with Crippen molar-refractivity contribution in [3.8, 4) is 0 Å². The van der Waals surface area contributed by atoms with Gasteiger partial charge in [0.2, 0.25) is 0 Å². The molecule has 0 heterocycles. The van der Waals surface area contributed by atoms with Gasteiger partial charge < -0.3 is 42.6 Å². The molecule has 0 aromatic rings. The van der Waals surface area contributed by atoms with Crippen LogP contribution in [0.5, 0.6) is 0 Å². The molecular formula is C38H78O9. The zero-order chi connectivity index (χ0) is 33.8. The summed E-state index contributed by atoms with van der Waals surface area (Å²) in [4.78, 5) is 0. The normalized spacial score (nSPS) is 11.6. The lowest BCUT2D eigenvalue weighted by Gasteiger charge is -2.09. The first-order chi connectivity index (χ1) is 23.4. The van der Waals surface area contributed by atoms with E-state index in [1.54, 1.807) is 0 Å². The lowest BCUT2D eigenvalue weighted by atomic mass is 10.0. The van der Waals surface area contributed by atoms with Crippen molar-refractivity contribution in [2.24, 2.45) is 0 Å². The molecule has 0 spiro atoms. The largest absolute Gasteiger partial charge is 0.379 e. The van der Waals surface area contributed by atoms with E-state index < -0.39 is 0 Å². The predicted octanol–water partition coefficient (Wildman–Crippen LogP) is 8.20. The van der Waals surface area contributed by atoms with E-state index in [2.05, 4.69) is 13.8 Å². The Morgan fingerprint density at radius 1 is 0.170 bits per heavy atom. The minimum Gasteiger partial charge on any atom is -0.379 e. The van der Waals surface area contributed by atoms with Crippen molar-refractivity contribution in [1.29, 1.82) is 0 Å². The minimum absolute atomic E-state index is 0.543. The van der Waals surface area contributed by atoms with Crippen LogP contribution in [0, 0.1) is 0 Å². The van der Waals surface area contributed by atoms with Gasteiger partial charge in [-0.2, -0.15) is 0 Å². The fraction of sp³-hybridized carbons (Fsp3) is 1.00. The van der Waals surface area contributed by atoms with Gasteiger partial charge in [-0.3, -0.25) is 0 Å². The first-order valence-electron chi connectivity index (χ1n) is 19.6. The standard InChI is InChI=1S/C38H78O9/c1-3-5-7-8-9-10-11-12-13-14-15-16-17-18-19-20-22-40-24-26-42-28-30-44-32-34-46-36-38-47-37-35-45-33-31-43-29-27-41-25-23-39-21-6-4-2/h3-38H2,1-2H3. The number of hydrogen-bond acceptors (Lipinski definition) is 9. The number of ether oxygens (including phenoxy) is 9. The van der Waals surface area contributed by atoms with Gasteiger partial charge in [0.15, 0.2) is 0 Å². The molecule has 0 unspecified atom stereocenters. The Labute approximate surface area is 290 Å². The molecule has 0 atom stereocenters. The molecule has 9 nitrogen and oxygen atoms in total. The first-order valence-corrected chi connectivity index (χ1v) is 19.6. The van der Waals surface area contributed by atoms with Crippen LogP contribution in [-0.2, 0) is 42.6 Å². The molecule has 0 bridgehead atoms. The van der Waals surface area contributed by atoms with Gasteiger partial charge in [-0.05, 0) is 12.8 Å². The van der Waals surface area contributed by atoms with Gasteiger partial charge in [0.25, 0.3) is 0 Å². The van der Waals surface area contributed by atoms with Gasteiger partial charge in [0.1, 0.15) is 0 Å². The van der Waals surface area contributed by atoms with Crippen molar-refractivity contribution in [3.63, 3.8) is 0 Å². The van der Waals surface area contributed by atoms with Gasteiger partial charge in [0, 0.05) is 13.2 Å². The Hall–Kier alpha value is -0.360. The molecule has 0 aliphatic carbocycles. The summed E-state index contributed by atoms with van der Waals surface area (Å²) in [6.45, 7) is 15.3. The second kappa shape index (κ2) is 45.6. The van der Waals surface area contributed by atoms with Crippen LogP contribution in [0.1, 0.15) is 129 Å². The lowest BCUT2D eigenvalue weighted by molar-refractivity contribution is -0.0250. The molecule has 0 aromatic heterocycles. The van der Waals surface area contributed by atoms with E-state index in [-0.39, 0.29) is 0 Å². The topological polar surface area (TPSA) is 83.1 Å². The highest BCUT2D eigenvalue weighted by molar-refractivity contribution is 4.50. The third-order valence-corrected chi connectivity index (χ3v) is 7.76. The quantitative estimate of drug-likeness (QED) is 0.0593. The zero-order valence-corrected chi connectivity index (χ0v) is 31.1.